The number of hydrogen-bond acceptors (Lipinski definition) is 4. The van der Waals surface area contributed by atoms with Crippen molar-refractivity contribution in [3.8, 4) is 16.9 Å². The van der Waals surface area contributed by atoms with Gasteiger partial charge in [0.15, 0.2) is 0 Å². The number of ether oxygens (including phenoxy) is 1. The summed E-state index contributed by atoms with van der Waals surface area (Å²) in [4.78, 5) is 12.0. The SMILES string of the molecule is C=CNc1c(CC)c(-c2ccc(OC)c(CCC)c2)cc(C)c1C(N)=O.CC.CCCCCC[C@@H](CC)CO. The van der Waals surface area contributed by atoms with E-state index in [4.69, 9.17) is 15.6 Å². The first-order valence-electron chi connectivity index (χ1n) is 14.9. The van der Waals surface area contributed by atoms with Gasteiger partial charge < -0.3 is 20.9 Å². The highest BCUT2D eigenvalue weighted by molar-refractivity contribution is 6.02. The van der Waals surface area contributed by atoms with E-state index >= 15 is 0 Å². The molecule has 2 rings (SSSR count). The van der Waals surface area contributed by atoms with Gasteiger partial charge in [-0.3, -0.25) is 4.79 Å². The van der Waals surface area contributed by atoms with Crippen molar-refractivity contribution in [3.63, 3.8) is 0 Å². The third-order valence-corrected chi connectivity index (χ3v) is 6.89. The molecule has 0 heterocycles. The van der Waals surface area contributed by atoms with Gasteiger partial charge in [-0.25, -0.2) is 0 Å². The van der Waals surface area contributed by atoms with Crippen molar-refractivity contribution in [1.29, 1.82) is 0 Å². The van der Waals surface area contributed by atoms with Crippen LogP contribution >= 0.6 is 0 Å². The van der Waals surface area contributed by atoms with E-state index in [1.54, 1.807) is 13.3 Å². The Balaban J connectivity index is 0.000000935. The number of carbonyl (C=O) groups is 1. The smallest absolute Gasteiger partial charge is 0.251 e. The van der Waals surface area contributed by atoms with E-state index in [1.807, 2.05) is 32.9 Å². The molecule has 5 heteroatoms. The summed E-state index contributed by atoms with van der Waals surface area (Å²) >= 11 is 0. The molecule has 0 saturated carbocycles. The minimum atomic E-state index is -0.436. The number of rotatable bonds is 15. The molecule has 0 aliphatic rings. The van der Waals surface area contributed by atoms with Crippen molar-refractivity contribution < 1.29 is 14.6 Å². The zero-order valence-electron chi connectivity index (χ0n) is 26.1. The molecule has 0 aliphatic heterocycles. The van der Waals surface area contributed by atoms with Gasteiger partial charge in [0.1, 0.15) is 5.75 Å². The number of hydrogen-bond donors (Lipinski definition) is 3. The number of amides is 1. The molecule has 5 nitrogen and oxygen atoms in total. The van der Waals surface area contributed by atoms with E-state index < -0.39 is 5.91 Å². The average Bonchev–Trinajstić information content (AvgIpc) is 2.94. The Morgan fingerprint density at radius 3 is 2.28 bits per heavy atom. The lowest BCUT2D eigenvalue weighted by atomic mass is 9.89. The van der Waals surface area contributed by atoms with Gasteiger partial charge in [0.05, 0.1) is 18.4 Å². The average molecular weight is 541 g/mol. The number of aryl methyl sites for hydroxylation is 2. The van der Waals surface area contributed by atoms with Crippen molar-refractivity contribution >= 4 is 11.6 Å². The first-order chi connectivity index (χ1) is 18.8. The van der Waals surface area contributed by atoms with Gasteiger partial charge >= 0.3 is 0 Å². The summed E-state index contributed by atoms with van der Waals surface area (Å²) in [7, 11) is 1.70. The van der Waals surface area contributed by atoms with Gasteiger partial charge in [0.25, 0.3) is 5.91 Å². The van der Waals surface area contributed by atoms with Crippen LogP contribution in [0.25, 0.3) is 11.1 Å². The molecule has 1 amide bonds. The van der Waals surface area contributed by atoms with E-state index in [0.717, 1.165) is 59.4 Å². The molecule has 2 aromatic rings. The fourth-order valence-corrected chi connectivity index (χ4v) is 4.76. The van der Waals surface area contributed by atoms with Crippen LogP contribution in [0.1, 0.15) is 114 Å². The lowest BCUT2D eigenvalue weighted by Crippen LogP contribution is -2.17. The fraction of sp³-hybridized carbons (Fsp3) is 0.559. The maximum absolute atomic E-state index is 12.0. The van der Waals surface area contributed by atoms with E-state index in [2.05, 4.69) is 51.7 Å². The molecule has 0 bridgehead atoms. The van der Waals surface area contributed by atoms with Crippen molar-refractivity contribution in [2.45, 2.75) is 106 Å². The molecule has 0 fully saturated rings. The van der Waals surface area contributed by atoms with Crippen LogP contribution in [-0.2, 0) is 12.8 Å². The van der Waals surface area contributed by atoms with E-state index in [-0.39, 0.29) is 0 Å². The normalized spacial score (nSPS) is 10.9. The molecule has 0 spiro atoms. The first-order valence-corrected chi connectivity index (χ1v) is 14.9. The van der Waals surface area contributed by atoms with Crippen LogP contribution in [0.3, 0.4) is 0 Å². The number of anilines is 1. The van der Waals surface area contributed by atoms with Crippen LogP contribution in [0, 0.1) is 12.8 Å². The number of primary amides is 1. The van der Waals surface area contributed by atoms with E-state index in [0.29, 0.717) is 18.1 Å². The number of nitrogens with one attached hydrogen (secondary N) is 1. The second-order valence-corrected chi connectivity index (χ2v) is 9.62. The zero-order chi connectivity index (χ0) is 29.8. The third-order valence-electron chi connectivity index (χ3n) is 6.89. The number of benzene rings is 2. The lowest BCUT2D eigenvalue weighted by molar-refractivity contribution is 0.100. The Kier molecular flexibility index (Phi) is 19.6. The Bertz CT molecular complexity index is 981. The van der Waals surface area contributed by atoms with Crippen molar-refractivity contribution in [1.82, 2.24) is 0 Å². The van der Waals surface area contributed by atoms with Crippen molar-refractivity contribution in [2.75, 3.05) is 19.0 Å². The Hall–Kier alpha value is -2.79. The molecular weight excluding hydrogens is 484 g/mol. The van der Waals surface area contributed by atoms with Gasteiger partial charge in [0.2, 0.25) is 0 Å². The topological polar surface area (TPSA) is 84.6 Å². The Morgan fingerprint density at radius 1 is 1.10 bits per heavy atom. The maximum Gasteiger partial charge on any atom is 0.251 e. The van der Waals surface area contributed by atoms with Crippen molar-refractivity contribution in [3.05, 3.63) is 59.3 Å². The third kappa shape index (κ3) is 11.5. The maximum atomic E-state index is 12.0. The molecule has 39 heavy (non-hydrogen) atoms. The number of methoxy groups -OCH3 is 1. The van der Waals surface area contributed by atoms with Crippen LogP contribution in [0.15, 0.2) is 37.0 Å². The van der Waals surface area contributed by atoms with Crippen LogP contribution < -0.4 is 15.8 Å². The molecule has 0 aromatic heterocycles. The van der Waals surface area contributed by atoms with Gasteiger partial charge in [-0.1, -0.05) is 98.8 Å². The number of unbranched alkanes of at least 4 members (excludes halogenated alkanes) is 3. The molecule has 0 unspecified atom stereocenters. The second kappa shape index (κ2) is 21.1. The van der Waals surface area contributed by atoms with Crippen LogP contribution in [0.5, 0.6) is 5.75 Å². The number of aliphatic hydroxyl groups excluding tert-OH is 1. The summed E-state index contributed by atoms with van der Waals surface area (Å²) in [5.41, 5.74) is 12.2. The van der Waals surface area contributed by atoms with Crippen LogP contribution in [0.2, 0.25) is 0 Å². The highest BCUT2D eigenvalue weighted by Crippen LogP contribution is 2.37. The number of carbonyl (C=O) groups excluding carboxylic acids is 1. The molecule has 4 N–H and O–H groups in total. The predicted octanol–water partition coefficient (Wildman–Crippen LogP) is 8.84. The minimum Gasteiger partial charge on any atom is -0.496 e. The molecule has 1 atom stereocenters. The lowest BCUT2D eigenvalue weighted by Gasteiger charge is -2.20. The van der Waals surface area contributed by atoms with E-state index in [9.17, 15) is 4.79 Å². The Morgan fingerprint density at radius 2 is 1.79 bits per heavy atom. The number of nitrogens with two attached hydrogens (primary N) is 1. The zero-order valence-corrected chi connectivity index (χ0v) is 26.1. The quantitative estimate of drug-likeness (QED) is 0.197. The summed E-state index contributed by atoms with van der Waals surface area (Å²) in [5, 5.41) is 12.0. The monoisotopic (exact) mass is 540 g/mol. The van der Waals surface area contributed by atoms with Gasteiger partial charge in [-0.15, -0.1) is 0 Å². The first kappa shape index (κ1) is 36.2. The molecule has 0 saturated heterocycles. The largest absolute Gasteiger partial charge is 0.496 e. The highest BCUT2D eigenvalue weighted by Gasteiger charge is 2.19. The highest BCUT2D eigenvalue weighted by atomic mass is 16.5. The minimum absolute atomic E-state index is 0.378. The van der Waals surface area contributed by atoms with Gasteiger partial charge in [-0.05, 0) is 78.3 Å². The predicted molar refractivity (Wildman–Crippen MR) is 170 cm³/mol. The molecule has 2 aromatic carbocycles. The summed E-state index contributed by atoms with van der Waals surface area (Å²) in [5.74, 6) is 1.03. The number of aliphatic hydroxyl groups is 1. The van der Waals surface area contributed by atoms with Crippen LogP contribution in [0.4, 0.5) is 5.69 Å². The molecule has 0 aliphatic carbocycles. The Labute approximate surface area is 239 Å². The molecular formula is C34H56N2O3. The summed E-state index contributed by atoms with van der Waals surface area (Å²) in [6, 6.07) is 8.30. The van der Waals surface area contributed by atoms with Gasteiger partial charge in [0, 0.05) is 6.61 Å². The summed E-state index contributed by atoms with van der Waals surface area (Å²) in [6.07, 6.45) is 12.0. The standard InChI is InChI=1S/C22H28N2O2.C10H22O.C2H6/c1-6-9-16-13-15(10-11-19(16)26-5)18-12-14(4)20(22(23)25)21(24-8-3)17(18)7-2;1-3-5-6-7-8-10(4-2)9-11;1-2/h8,10-13,24H,3,6-7,9H2,1-2,4-5H3,(H2,23,25);10-11H,3-9H2,1-2H3;1-2H3/t;10-;/m.1./s1. The fourth-order valence-electron chi connectivity index (χ4n) is 4.76. The van der Waals surface area contributed by atoms with Crippen molar-refractivity contribution in [2.24, 2.45) is 11.7 Å². The molecule has 220 valence electrons. The summed E-state index contributed by atoms with van der Waals surface area (Å²) in [6.45, 7) is 18.6. The summed E-state index contributed by atoms with van der Waals surface area (Å²) < 4.78 is 5.50. The second-order valence-electron chi connectivity index (χ2n) is 9.62. The van der Waals surface area contributed by atoms with E-state index in [1.165, 1.54) is 37.7 Å². The van der Waals surface area contributed by atoms with Gasteiger partial charge in [-0.2, -0.15) is 0 Å². The van der Waals surface area contributed by atoms with Crippen LogP contribution in [-0.4, -0.2) is 24.7 Å². The molecule has 0 radical (unpaired) electrons.